The maximum Gasteiger partial charge on any atom is 0.191 e. The van der Waals surface area contributed by atoms with E-state index >= 15 is 0 Å². The number of halogens is 1. The molecule has 0 unspecified atom stereocenters. The molecule has 0 radical (unpaired) electrons. The van der Waals surface area contributed by atoms with Gasteiger partial charge in [-0.2, -0.15) is 0 Å². The molecule has 6 heteroatoms. The molecular formula is C23H22FN3OS. The van der Waals surface area contributed by atoms with Gasteiger partial charge in [-0.05, 0) is 53.9 Å². The molecule has 0 fully saturated rings. The summed E-state index contributed by atoms with van der Waals surface area (Å²) in [5, 5.41) is 11.9. The first-order chi connectivity index (χ1) is 14.2. The molecule has 0 aliphatic carbocycles. The normalized spacial score (nSPS) is 11.1. The highest BCUT2D eigenvalue weighted by molar-refractivity contribution is 7.98. The van der Waals surface area contributed by atoms with E-state index in [0.29, 0.717) is 12.4 Å². The Morgan fingerprint density at radius 2 is 1.79 bits per heavy atom. The van der Waals surface area contributed by atoms with Gasteiger partial charge < -0.3 is 9.30 Å². The van der Waals surface area contributed by atoms with Crippen molar-refractivity contribution in [3.8, 4) is 5.75 Å². The number of hydrogen-bond donors (Lipinski definition) is 0. The number of benzene rings is 3. The van der Waals surface area contributed by atoms with Gasteiger partial charge in [-0.25, -0.2) is 4.39 Å². The van der Waals surface area contributed by atoms with Crippen molar-refractivity contribution in [1.82, 2.24) is 14.8 Å². The molecule has 148 valence electrons. The number of ether oxygens (including phenoxy) is 1. The fraction of sp³-hybridized carbons (Fsp3) is 0.217. The Morgan fingerprint density at radius 1 is 1.00 bits per heavy atom. The van der Waals surface area contributed by atoms with Crippen molar-refractivity contribution < 1.29 is 9.13 Å². The van der Waals surface area contributed by atoms with Crippen LogP contribution in [0.25, 0.3) is 10.8 Å². The van der Waals surface area contributed by atoms with Gasteiger partial charge in [-0.15, -0.1) is 10.2 Å². The second-order valence-electron chi connectivity index (χ2n) is 6.76. The highest BCUT2D eigenvalue weighted by Gasteiger charge is 2.13. The number of aromatic nitrogens is 3. The van der Waals surface area contributed by atoms with Crippen LogP contribution in [0.2, 0.25) is 0 Å². The average Bonchev–Trinajstić information content (AvgIpc) is 3.15. The lowest BCUT2D eigenvalue weighted by Crippen LogP contribution is -2.07. The minimum Gasteiger partial charge on any atom is -0.485 e. The first-order valence-electron chi connectivity index (χ1n) is 9.56. The predicted molar refractivity (Wildman–Crippen MR) is 115 cm³/mol. The SMILES string of the molecule is CCn1c(COc2ccc3ccccc3c2C)nnc1SCc1ccc(F)cc1. The van der Waals surface area contributed by atoms with Gasteiger partial charge in [0.2, 0.25) is 0 Å². The molecular weight excluding hydrogens is 385 g/mol. The summed E-state index contributed by atoms with van der Waals surface area (Å²) in [5.41, 5.74) is 2.17. The molecule has 0 amide bonds. The Labute approximate surface area is 173 Å². The van der Waals surface area contributed by atoms with E-state index in [0.717, 1.165) is 34.4 Å². The van der Waals surface area contributed by atoms with Crippen LogP contribution in [0.4, 0.5) is 4.39 Å². The summed E-state index contributed by atoms with van der Waals surface area (Å²) in [6.07, 6.45) is 0. The molecule has 0 aliphatic heterocycles. The Kier molecular flexibility index (Phi) is 5.81. The molecule has 0 N–H and O–H groups in total. The van der Waals surface area contributed by atoms with Gasteiger partial charge in [0.25, 0.3) is 0 Å². The zero-order valence-corrected chi connectivity index (χ0v) is 17.2. The minimum absolute atomic E-state index is 0.223. The van der Waals surface area contributed by atoms with Crippen molar-refractivity contribution >= 4 is 22.5 Å². The Hall–Kier alpha value is -2.86. The molecule has 4 aromatic rings. The standard InChI is InChI=1S/C23H22FN3OS/c1-3-27-22(25-26-23(27)29-15-17-8-11-19(24)12-9-17)14-28-21-13-10-18-6-4-5-7-20(18)16(21)2/h4-13H,3,14-15H2,1-2H3. The average molecular weight is 408 g/mol. The number of hydrogen-bond acceptors (Lipinski definition) is 4. The van der Waals surface area contributed by atoms with E-state index in [1.165, 1.54) is 22.9 Å². The Morgan fingerprint density at radius 3 is 2.59 bits per heavy atom. The van der Waals surface area contributed by atoms with E-state index in [1.807, 2.05) is 18.2 Å². The molecule has 0 saturated heterocycles. The van der Waals surface area contributed by atoms with E-state index in [-0.39, 0.29) is 5.82 Å². The largest absolute Gasteiger partial charge is 0.485 e. The van der Waals surface area contributed by atoms with Crippen LogP contribution in [0.3, 0.4) is 0 Å². The fourth-order valence-electron chi connectivity index (χ4n) is 3.28. The summed E-state index contributed by atoms with van der Waals surface area (Å²) in [7, 11) is 0. The monoisotopic (exact) mass is 407 g/mol. The minimum atomic E-state index is -0.223. The van der Waals surface area contributed by atoms with Crippen molar-refractivity contribution in [3.05, 3.63) is 83.4 Å². The predicted octanol–water partition coefficient (Wildman–Crippen LogP) is 5.77. The van der Waals surface area contributed by atoms with Crippen LogP contribution in [0.15, 0.2) is 65.8 Å². The van der Waals surface area contributed by atoms with Gasteiger partial charge in [-0.1, -0.05) is 54.2 Å². The number of aryl methyl sites for hydroxylation is 1. The van der Waals surface area contributed by atoms with Gasteiger partial charge in [0, 0.05) is 12.3 Å². The van der Waals surface area contributed by atoms with Crippen LogP contribution in [-0.4, -0.2) is 14.8 Å². The number of fused-ring (bicyclic) bond motifs is 1. The lowest BCUT2D eigenvalue weighted by molar-refractivity contribution is 0.287. The zero-order chi connectivity index (χ0) is 20.2. The lowest BCUT2D eigenvalue weighted by Gasteiger charge is -2.12. The first-order valence-corrected chi connectivity index (χ1v) is 10.5. The molecule has 0 spiro atoms. The third kappa shape index (κ3) is 4.27. The summed E-state index contributed by atoms with van der Waals surface area (Å²) >= 11 is 1.59. The van der Waals surface area contributed by atoms with Crippen molar-refractivity contribution in [2.75, 3.05) is 0 Å². The van der Waals surface area contributed by atoms with Crippen LogP contribution >= 0.6 is 11.8 Å². The summed E-state index contributed by atoms with van der Waals surface area (Å²) in [4.78, 5) is 0. The molecule has 3 aromatic carbocycles. The van der Waals surface area contributed by atoms with Gasteiger partial charge in [-0.3, -0.25) is 0 Å². The van der Waals surface area contributed by atoms with E-state index < -0.39 is 0 Å². The van der Waals surface area contributed by atoms with Gasteiger partial charge in [0.05, 0.1) is 0 Å². The van der Waals surface area contributed by atoms with Crippen LogP contribution in [0.5, 0.6) is 5.75 Å². The van der Waals surface area contributed by atoms with E-state index in [2.05, 4.69) is 46.8 Å². The summed E-state index contributed by atoms with van der Waals surface area (Å²) < 4.78 is 21.2. The third-order valence-electron chi connectivity index (χ3n) is 4.90. The molecule has 0 saturated carbocycles. The second kappa shape index (κ2) is 8.66. The highest BCUT2D eigenvalue weighted by atomic mass is 32.2. The molecule has 4 rings (SSSR count). The molecule has 4 nitrogen and oxygen atoms in total. The smallest absolute Gasteiger partial charge is 0.191 e. The topological polar surface area (TPSA) is 39.9 Å². The van der Waals surface area contributed by atoms with Crippen LogP contribution in [-0.2, 0) is 18.9 Å². The molecule has 0 aliphatic rings. The van der Waals surface area contributed by atoms with Gasteiger partial charge >= 0.3 is 0 Å². The van der Waals surface area contributed by atoms with Gasteiger partial charge in [0.15, 0.2) is 11.0 Å². The second-order valence-corrected chi connectivity index (χ2v) is 7.70. The maximum atomic E-state index is 13.1. The first kappa shape index (κ1) is 19.5. The van der Waals surface area contributed by atoms with E-state index in [9.17, 15) is 4.39 Å². The van der Waals surface area contributed by atoms with E-state index in [1.54, 1.807) is 23.9 Å². The van der Waals surface area contributed by atoms with Crippen LogP contribution in [0, 0.1) is 12.7 Å². The Balaban J connectivity index is 1.47. The number of thioether (sulfide) groups is 1. The number of rotatable bonds is 7. The zero-order valence-electron chi connectivity index (χ0n) is 16.4. The van der Waals surface area contributed by atoms with Gasteiger partial charge in [0.1, 0.15) is 18.2 Å². The number of nitrogens with zero attached hydrogens (tertiary/aromatic N) is 3. The van der Waals surface area contributed by atoms with Crippen molar-refractivity contribution in [3.63, 3.8) is 0 Å². The fourth-order valence-corrected chi connectivity index (χ4v) is 4.26. The van der Waals surface area contributed by atoms with Crippen LogP contribution in [0.1, 0.15) is 23.9 Å². The maximum absolute atomic E-state index is 13.1. The highest BCUT2D eigenvalue weighted by Crippen LogP contribution is 2.28. The summed E-state index contributed by atoms with van der Waals surface area (Å²) in [6, 6.07) is 18.9. The van der Waals surface area contributed by atoms with Crippen molar-refractivity contribution in [2.45, 2.75) is 37.9 Å². The summed E-state index contributed by atoms with van der Waals surface area (Å²) in [6.45, 7) is 5.26. The molecule has 0 bridgehead atoms. The lowest BCUT2D eigenvalue weighted by atomic mass is 10.0. The third-order valence-corrected chi connectivity index (χ3v) is 5.93. The molecule has 29 heavy (non-hydrogen) atoms. The van der Waals surface area contributed by atoms with Crippen LogP contribution < -0.4 is 4.74 Å². The Bertz CT molecular complexity index is 1120. The molecule has 1 heterocycles. The molecule has 1 aromatic heterocycles. The van der Waals surface area contributed by atoms with Crippen molar-refractivity contribution in [2.24, 2.45) is 0 Å². The van der Waals surface area contributed by atoms with Crippen molar-refractivity contribution in [1.29, 1.82) is 0 Å². The quantitative estimate of drug-likeness (QED) is 0.365. The molecule has 0 atom stereocenters. The summed E-state index contributed by atoms with van der Waals surface area (Å²) in [5.74, 6) is 2.14. The van der Waals surface area contributed by atoms with E-state index in [4.69, 9.17) is 4.74 Å².